The molecule has 1 aliphatic heterocycles. The zero-order valence-electron chi connectivity index (χ0n) is 13.5. The van der Waals surface area contributed by atoms with Crippen LogP contribution in [-0.4, -0.2) is 23.0 Å². The average Bonchev–Trinajstić information content (AvgIpc) is 2.89. The fraction of sp³-hybridized carbons (Fsp3) is 0.200. The molecule has 4 heteroatoms. The molecule has 1 amide bonds. The maximum absolute atomic E-state index is 12.4. The van der Waals surface area contributed by atoms with Crippen molar-refractivity contribution in [1.82, 2.24) is 4.90 Å². The van der Waals surface area contributed by atoms with Gasteiger partial charge in [-0.1, -0.05) is 72.8 Å². The number of hydrogen-bond acceptors (Lipinski definition) is 3. The minimum absolute atomic E-state index is 0.360. The van der Waals surface area contributed by atoms with E-state index in [1.165, 1.54) is 0 Å². The van der Waals surface area contributed by atoms with Crippen LogP contribution in [0, 0.1) is 0 Å². The lowest BCUT2D eigenvalue weighted by molar-refractivity contribution is -0.135. The summed E-state index contributed by atoms with van der Waals surface area (Å²) in [5, 5.41) is 0. The van der Waals surface area contributed by atoms with Crippen molar-refractivity contribution in [2.45, 2.75) is 25.4 Å². The third kappa shape index (κ3) is 3.08. The van der Waals surface area contributed by atoms with Crippen molar-refractivity contribution in [3.63, 3.8) is 0 Å². The smallest absolute Gasteiger partial charge is 0.375 e. The van der Waals surface area contributed by atoms with E-state index in [1.54, 1.807) is 4.90 Å². The maximum atomic E-state index is 12.4. The highest BCUT2D eigenvalue weighted by Crippen LogP contribution is 2.34. The van der Waals surface area contributed by atoms with Gasteiger partial charge in [0.15, 0.2) is 0 Å². The summed E-state index contributed by atoms with van der Waals surface area (Å²) in [6, 6.07) is 18.4. The number of carbonyl (C=O) groups excluding carboxylic acids is 2. The second-order valence-electron chi connectivity index (χ2n) is 5.64. The van der Waals surface area contributed by atoms with E-state index in [-0.39, 0.29) is 6.04 Å². The molecule has 0 bridgehead atoms. The van der Waals surface area contributed by atoms with Crippen molar-refractivity contribution in [2.75, 3.05) is 0 Å². The summed E-state index contributed by atoms with van der Waals surface area (Å²) in [5.74, 6) is -0.491. The summed E-state index contributed by atoms with van der Waals surface area (Å²) in [7, 11) is 0. The highest BCUT2D eigenvalue weighted by Gasteiger charge is 2.45. The first-order valence-electron chi connectivity index (χ1n) is 7.97. The van der Waals surface area contributed by atoms with Gasteiger partial charge in [0.1, 0.15) is 6.04 Å². The molecule has 1 unspecified atom stereocenters. The quantitative estimate of drug-likeness (QED) is 0.473. The van der Waals surface area contributed by atoms with Crippen molar-refractivity contribution < 1.29 is 14.3 Å². The van der Waals surface area contributed by atoms with Crippen molar-refractivity contribution >= 4 is 12.1 Å². The minimum atomic E-state index is -0.612. The van der Waals surface area contributed by atoms with Gasteiger partial charge in [-0.15, -0.1) is 0 Å². The van der Waals surface area contributed by atoms with Crippen LogP contribution in [0.4, 0.5) is 4.79 Å². The molecule has 1 saturated heterocycles. The van der Waals surface area contributed by atoms with Gasteiger partial charge in [0.05, 0.1) is 6.04 Å². The average molecular weight is 321 g/mol. The first-order valence-corrected chi connectivity index (χ1v) is 7.97. The highest BCUT2D eigenvalue weighted by molar-refractivity contribution is 5.96. The van der Waals surface area contributed by atoms with Gasteiger partial charge in [0, 0.05) is 0 Å². The summed E-state index contributed by atoms with van der Waals surface area (Å²) >= 11 is 0. The Labute approximate surface area is 141 Å². The summed E-state index contributed by atoms with van der Waals surface area (Å²) in [5.41, 5.74) is 1.89. The van der Waals surface area contributed by atoms with E-state index in [9.17, 15) is 9.59 Å². The standard InChI is InChI=1S/C20H19NO3/c1-2-3-14-17-19(22)24-20(23)21(17)18(15-10-6-4-7-11-15)16-12-8-5-9-13-16/h2-13,17-18H,14H2,1H3/b3-2+. The van der Waals surface area contributed by atoms with Crippen LogP contribution < -0.4 is 0 Å². The van der Waals surface area contributed by atoms with Gasteiger partial charge in [-0.05, 0) is 24.5 Å². The van der Waals surface area contributed by atoms with Crippen molar-refractivity contribution in [2.24, 2.45) is 0 Å². The number of nitrogens with zero attached hydrogens (tertiary/aromatic N) is 1. The molecule has 1 atom stereocenters. The fourth-order valence-corrected chi connectivity index (χ4v) is 2.99. The topological polar surface area (TPSA) is 46.6 Å². The van der Waals surface area contributed by atoms with Crippen LogP contribution in [0.3, 0.4) is 0 Å². The number of benzene rings is 2. The number of rotatable bonds is 5. The van der Waals surface area contributed by atoms with E-state index >= 15 is 0 Å². The number of carbonyl (C=O) groups is 2. The maximum Gasteiger partial charge on any atom is 0.419 e. The minimum Gasteiger partial charge on any atom is -0.375 e. The molecule has 122 valence electrons. The van der Waals surface area contributed by atoms with E-state index in [0.29, 0.717) is 6.42 Å². The van der Waals surface area contributed by atoms with Crippen molar-refractivity contribution in [3.8, 4) is 0 Å². The molecule has 1 heterocycles. The summed E-state index contributed by atoms with van der Waals surface area (Å²) in [6.45, 7) is 1.89. The van der Waals surface area contributed by atoms with Gasteiger partial charge >= 0.3 is 12.1 Å². The SMILES string of the molecule is C/C=C/CC1C(=O)OC(=O)N1C(c1ccccc1)c1ccccc1. The molecular formula is C20H19NO3. The number of cyclic esters (lactones) is 2. The Morgan fingerprint density at radius 1 is 1.00 bits per heavy atom. The first kappa shape index (κ1) is 16.0. The molecule has 2 aromatic carbocycles. The van der Waals surface area contributed by atoms with Crippen LogP contribution in [0.15, 0.2) is 72.8 Å². The molecule has 0 radical (unpaired) electrons. The predicted octanol–water partition coefficient (Wildman–Crippen LogP) is 4.09. The largest absolute Gasteiger partial charge is 0.419 e. The van der Waals surface area contributed by atoms with Crippen molar-refractivity contribution in [3.05, 3.63) is 83.9 Å². The van der Waals surface area contributed by atoms with Gasteiger partial charge in [-0.25, -0.2) is 9.59 Å². The van der Waals surface area contributed by atoms with Crippen molar-refractivity contribution in [1.29, 1.82) is 0 Å². The summed E-state index contributed by atoms with van der Waals surface area (Å²) < 4.78 is 4.92. The molecule has 0 spiro atoms. The number of amides is 1. The van der Waals surface area contributed by atoms with E-state index in [0.717, 1.165) is 11.1 Å². The molecule has 3 rings (SSSR count). The van der Waals surface area contributed by atoms with Crippen LogP contribution in [0.5, 0.6) is 0 Å². The molecule has 4 nitrogen and oxygen atoms in total. The molecule has 0 aliphatic carbocycles. The normalized spacial score (nSPS) is 17.8. The number of esters is 1. The molecule has 0 N–H and O–H groups in total. The molecule has 0 aromatic heterocycles. The first-order chi connectivity index (χ1) is 11.7. The Kier molecular flexibility index (Phi) is 4.75. The highest BCUT2D eigenvalue weighted by atomic mass is 16.6. The van der Waals surface area contributed by atoms with Crippen LogP contribution in [0.25, 0.3) is 0 Å². The third-order valence-electron chi connectivity index (χ3n) is 4.11. The van der Waals surface area contributed by atoms with Gasteiger partial charge in [0.25, 0.3) is 0 Å². The van der Waals surface area contributed by atoms with E-state index in [4.69, 9.17) is 4.74 Å². The molecule has 0 saturated carbocycles. The zero-order chi connectivity index (χ0) is 16.9. The Balaban J connectivity index is 2.07. The Bertz CT molecular complexity index is 700. The third-order valence-corrected chi connectivity index (χ3v) is 4.11. The van der Waals surface area contributed by atoms with E-state index in [2.05, 4.69) is 0 Å². The Hall–Kier alpha value is -2.88. The summed E-state index contributed by atoms with van der Waals surface area (Å²) in [4.78, 5) is 26.1. The lowest BCUT2D eigenvalue weighted by Gasteiger charge is -2.30. The lowest BCUT2D eigenvalue weighted by atomic mass is 9.95. The predicted molar refractivity (Wildman–Crippen MR) is 91.3 cm³/mol. The van der Waals surface area contributed by atoms with Gasteiger partial charge in [0.2, 0.25) is 0 Å². The summed E-state index contributed by atoms with van der Waals surface area (Å²) in [6.07, 6.45) is 3.60. The molecule has 1 fully saturated rings. The number of allylic oxidation sites excluding steroid dienone is 1. The fourth-order valence-electron chi connectivity index (χ4n) is 2.99. The van der Waals surface area contributed by atoms with Crippen LogP contribution in [0.2, 0.25) is 0 Å². The number of hydrogen-bond donors (Lipinski definition) is 0. The molecule has 1 aliphatic rings. The zero-order valence-corrected chi connectivity index (χ0v) is 13.5. The number of ether oxygens (including phenoxy) is 1. The van der Waals surface area contributed by atoms with Gasteiger partial charge in [-0.2, -0.15) is 0 Å². The Morgan fingerprint density at radius 2 is 1.54 bits per heavy atom. The second kappa shape index (κ2) is 7.13. The molecular weight excluding hydrogens is 302 g/mol. The Morgan fingerprint density at radius 3 is 2.04 bits per heavy atom. The van der Waals surface area contributed by atoms with Crippen LogP contribution in [-0.2, 0) is 9.53 Å². The van der Waals surface area contributed by atoms with Crippen LogP contribution in [0.1, 0.15) is 30.5 Å². The van der Waals surface area contributed by atoms with Crippen LogP contribution >= 0.6 is 0 Å². The monoisotopic (exact) mass is 321 g/mol. The lowest BCUT2D eigenvalue weighted by Crippen LogP contribution is -2.38. The van der Waals surface area contributed by atoms with Gasteiger partial charge in [-0.3, -0.25) is 4.90 Å². The van der Waals surface area contributed by atoms with E-state index < -0.39 is 18.1 Å². The second-order valence-corrected chi connectivity index (χ2v) is 5.64. The van der Waals surface area contributed by atoms with Gasteiger partial charge < -0.3 is 4.74 Å². The van der Waals surface area contributed by atoms with E-state index in [1.807, 2.05) is 79.7 Å². The molecule has 2 aromatic rings. The molecule has 24 heavy (non-hydrogen) atoms.